The van der Waals surface area contributed by atoms with Crippen LogP contribution in [0.25, 0.3) is 22.4 Å². The number of fused-ring (bicyclic) bond motifs is 1. The van der Waals surface area contributed by atoms with E-state index in [1.54, 1.807) is 7.11 Å². The Balaban J connectivity index is 1.92. The van der Waals surface area contributed by atoms with E-state index in [1.165, 1.54) is 5.56 Å². The first kappa shape index (κ1) is 14.5. The van der Waals surface area contributed by atoms with Gasteiger partial charge in [-0.15, -0.1) is 0 Å². The molecule has 0 aliphatic carbocycles. The van der Waals surface area contributed by atoms with Crippen molar-refractivity contribution in [2.75, 3.05) is 7.11 Å². The summed E-state index contributed by atoms with van der Waals surface area (Å²) in [5.41, 5.74) is 4.42. The molecule has 3 nitrogen and oxygen atoms in total. The lowest BCUT2D eigenvalue weighted by Crippen LogP contribution is -2.02. The van der Waals surface area contributed by atoms with Crippen LogP contribution in [0.3, 0.4) is 0 Å². The number of aromatic nitrogens is 2. The van der Waals surface area contributed by atoms with Crippen molar-refractivity contribution in [3.8, 4) is 17.1 Å². The third kappa shape index (κ3) is 2.65. The highest BCUT2D eigenvalue weighted by Crippen LogP contribution is 2.28. The fraction of sp³-hybridized carbons (Fsp3) is 0.0952. The van der Waals surface area contributed by atoms with Crippen molar-refractivity contribution >= 4 is 11.0 Å². The van der Waals surface area contributed by atoms with Crippen LogP contribution >= 0.6 is 0 Å². The van der Waals surface area contributed by atoms with Crippen molar-refractivity contribution < 1.29 is 4.74 Å². The van der Waals surface area contributed by atoms with Crippen molar-refractivity contribution in [1.82, 2.24) is 9.55 Å². The van der Waals surface area contributed by atoms with Crippen molar-refractivity contribution in [3.63, 3.8) is 0 Å². The van der Waals surface area contributed by atoms with Crippen molar-refractivity contribution in [1.29, 1.82) is 0 Å². The highest BCUT2D eigenvalue weighted by molar-refractivity contribution is 5.82. The van der Waals surface area contributed by atoms with E-state index in [0.29, 0.717) is 0 Å². The average Bonchev–Trinajstić information content (AvgIpc) is 3.01. The number of hydrogen-bond donors (Lipinski definition) is 0. The number of nitrogens with zero attached hydrogens (tertiary/aromatic N) is 2. The van der Waals surface area contributed by atoms with E-state index in [-0.39, 0.29) is 0 Å². The summed E-state index contributed by atoms with van der Waals surface area (Å²) in [6.07, 6.45) is 0. The fourth-order valence-corrected chi connectivity index (χ4v) is 2.96. The molecule has 0 unspecified atom stereocenters. The summed E-state index contributed by atoms with van der Waals surface area (Å²) in [6, 6.07) is 26.8. The van der Waals surface area contributed by atoms with E-state index < -0.39 is 0 Å². The average molecular weight is 314 g/mol. The van der Waals surface area contributed by atoms with Crippen LogP contribution in [0.4, 0.5) is 0 Å². The molecule has 1 heterocycles. The van der Waals surface area contributed by atoms with Crippen LogP contribution in [0.2, 0.25) is 0 Å². The summed E-state index contributed by atoms with van der Waals surface area (Å²) >= 11 is 0. The molecule has 0 N–H and O–H groups in total. The van der Waals surface area contributed by atoms with Crippen LogP contribution in [0.1, 0.15) is 5.56 Å². The first-order chi connectivity index (χ1) is 11.8. The van der Waals surface area contributed by atoms with Gasteiger partial charge in [-0.25, -0.2) is 4.98 Å². The summed E-state index contributed by atoms with van der Waals surface area (Å²) < 4.78 is 7.65. The van der Waals surface area contributed by atoms with Gasteiger partial charge in [0.15, 0.2) is 0 Å². The SMILES string of the molecule is COc1ccc2nc(-c3ccccc3)n(Cc3ccccc3)c2c1. The zero-order chi connectivity index (χ0) is 16.4. The Labute approximate surface area is 141 Å². The normalized spacial score (nSPS) is 10.9. The van der Waals surface area contributed by atoms with Gasteiger partial charge in [0.1, 0.15) is 11.6 Å². The van der Waals surface area contributed by atoms with Gasteiger partial charge in [0, 0.05) is 18.2 Å². The van der Waals surface area contributed by atoms with Crippen molar-refractivity contribution in [2.45, 2.75) is 6.54 Å². The molecule has 0 fully saturated rings. The predicted molar refractivity (Wildman–Crippen MR) is 97.3 cm³/mol. The second kappa shape index (κ2) is 6.20. The summed E-state index contributed by atoms with van der Waals surface area (Å²) in [4.78, 5) is 4.86. The van der Waals surface area contributed by atoms with Crippen LogP contribution in [0, 0.1) is 0 Å². The number of imidazole rings is 1. The standard InChI is InChI=1S/C21H18N2O/c1-24-18-12-13-19-20(14-18)23(15-16-8-4-2-5-9-16)21(22-19)17-10-6-3-7-11-17/h2-14H,15H2,1H3. The molecule has 0 saturated heterocycles. The zero-order valence-corrected chi connectivity index (χ0v) is 13.5. The Morgan fingerprint density at radius 1 is 0.875 bits per heavy atom. The molecular formula is C21H18N2O. The Morgan fingerprint density at radius 2 is 1.58 bits per heavy atom. The lowest BCUT2D eigenvalue weighted by molar-refractivity contribution is 0.415. The first-order valence-electron chi connectivity index (χ1n) is 7.99. The lowest BCUT2D eigenvalue weighted by Gasteiger charge is -2.10. The second-order valence-electron chi connectivity index (χ2n) is 5.73. The van der Waals surface area contributed by atoms with Crippen LogP contribution in [0.15, 0.2) is 78.9 Å². The lowest BCUT2D eigenvalue weighted by atomic mass is 10.2. The minimum Gasteiger partial charge on any atom is -0.497 e. The van der Waals surface area contributed by atoms with Gasteiger partial charge in [0.25, 0.3) is 0 Å². The molecule has 0 aliphatic heterocycles. The largest absolute Gasteiger partial charge is 0.497 e. The van der Waals surface area contributed by atoms with Gasteiger partial charge in [-0.05, 0) is 17.7 Å². The van der Waals surface area contributed by atoms with Gasteiger partial charge in [-0.3, -0.25) is 0 Å². The second-order valence-corrected chi connectivity index (χ2v) is 5.73. The minimum absolute atomic E-state index is 0.773. The third-order valence-corrected chi connectivity index (χ3v) is 4.17. The van der Waals surface area contributed by atoms with Gasteiger partial charge < -0.3 is 9.30 Å². The maximum Gasteiger partial charge on any atom is 0.141 e. The number of benzene rings is 3. The number of methoxy groups -OCH3 is 1. The Hall–Kier alpha value is -3.07. The van der Waals surface area contributed by atoms with Gasteiger partial charge in [-0.1, -0.05) is 60.7 Å². The quantitative estimate of drug-likeness (QED) is 0.543. The molecule has 0 saturated carbocycles. The molecule has 118 valence electrons. The molecule has 4 aromatic rings. The van der Waals surface area contributed by atoms with E-state index in [4.69, 9.17) is 9.72 Å². The first-order valence-corrected chi connectivity index (χ1v) is 7.99. The molecule has 3 aromatic carbocycles. The van der Waals surface area contributed by atoms with Crippen molar-refractivity contribution in [3.05, 3.63) is 84.4 Å². The molecule has 4 rings (SSSR count). The molecule has 0 aliphatic rings. The monoisotopic (exact) mass is 314 g/mol. The van der Waals surface area contributed by atoms with E-state index in [0.717, 1.165) is 34.7 Å². The fourth-order valence-electron chi connectivity index (χ4n) is 2.96. The highest BCUT2D eigenvalue weighted by atomic mass is 16.5. The minimum atomic E-state index is 0.773. The van der Waals surface area contributed by atoms with Crippen LogP contribution in [-0.4, -0.2) is 16.7 Å². The van der Waals surface area contributed by atoms with Gasteiger partial charge in [0.2, 0.25) is 0 Å². The zero-order valence-electron chi connectivity index (χ0n) is 13.5. The summed E-state index contributed by atoms with van der Waals surface area (Å²) in [5, 5.41) is 0. The Kier molecular flexibility index (Phi) is 3.75. The smallest absolute Gasteiger partial charge is 0.141 e. The van der Waals surface area contributed by atoms with Crippen molar-refractivity contribution in [2.24, 2.45) is 0 Å². The summed E-state index contributed by atoms with van der Waals surface area (Å²) in [5.74, 6) is 1.82. The molecule has 0 amide bonds. The van der Waals surface area contributed by atoms with Gasteiger partial charge in [0.05, 0.1) is 18.1 Å². The number of ether oxygens (including phenoxy) is 1. The van der Waals surface area contributed by atoms with E-state index >= 15 is 0 Å². The Morgan fingerprint density at radius 3 is 2.29 bits per heavy atom. The molecule has 24 heavy (non-hydrogen) atoms. The van der Waals surface area contributed by atoms with E-state index in [1.807, 2.05) is 36.4 Å². The molecular weight excluding hydrogens is 296 g/mol. The molecule has 3 heteroatoms. The maximum atomic E-state index is 5.40. The highest BCUT2D eigenvalue weighted by Gasteiger charge is 2.13. The third-order valence-electron chi connectivity index (χ3n) is 4.17. The predicted octanol–water partition coefficient (Wildman–Crippen LogP) is 4.76. The molecule has 0 bridgehead atoms. The Bertz CT molecular complexity index is 959. The van der Waals surface area contributed by atoms with Crippen LogP contribution in [0.5, 0.6) is 5.75 Å². The molecule has 0 spiro atoms. The van der Waals surface area contributed by atoms with E-state index in [2.05, 4.69) is 47.0 Å². The maximum absolute atomic E-state index is 5.40. The van der Waals surface area contributed by atoms with Gasteiger partial charge in [-0.2, -0.15) is 0 Å². The van der Waals surface area contributed by atoms with Crippen LogP contribution < -0.4 is 4.74 Å². The van der Waals surface area contributed by atoms with Crippen LogP contribution in [-0.2, 0) is 6.54 Å². The molecule has 0 atom stereocenters. The number of hydrogen-bond acceptors (Lipinski definition) is 2. The molecule has 1 aromatic heterocycles. The molecule has 0 radical (unpaired) electrons. The number of rotatable bonds is 4. The van der Waals surface area contributed by atoms with Gasteiger partial charge >= 0.3 is 0 Å². The summed E-state index contributed by atoms with van der Waals surface area (Å²) in [7, 11) is 1.69. The summed E-state index contributed by atoms with van der Waals surface area (Å²) in [6.45, 7) is 0.773. The van der Waals surface area contributed by atoms with E-state index in [9.17, 15) is 0 Å². The topological polar surface area (TPSA) is 27.1 Å².